The summed E-state index contributed by atoms with van der Waals surface area (Å²) in [6, 6.07) is 7.58. The third kappa shape index (κ3) is 5.52. The molecular weight excluding hydrogens is 437 g/mol. The molecule has 0 aliphatic carbocycles. The first-order valence-corrected chi connectivity index (χ1v) is 11.5. The van der Waals surface area contributed by atoms with Gasteiger partial charge in [0.05, 0.1) is 24.0 Å². The van der Waals surface area contributed by atoms with Crippen molar-refractivity contribution in [3.8, 4) is 0 Å². The van der Waals surface area contributed by atoms with E-state index in [1.807, 2.05) is 4.68 Å². The Morgan fingerprint density at radius 2 is 1.77 bits per heavy atom. The Balaban J connectivity index is 1.39. The number of carbonyl (C=O) groups excluding carboxylic acids is 1. The lowest BCUT2D eigenvalue weighted by Crippen LogP contribution is -2.45. The molecule has 0 radical (unpaired) electrons. The second kappa shape index (κ2) is 9.77. The standard InChI is InChI=1S/C22H29Cl2N5O2/c1-16(27-8-6-26(2)7-9-27)21-13-20-14-28(4-3-5-29(20)25-21)22(30)31-15-17-10-18(23)12-19(24)11-17/h10-13,16H,3-9,14-15H2,1-2H3. The van der Waals surface area contributed by atoms with Crippen molar-refractivity contribution in [1.29, 1.82) is 0 Å². The van der Waals surface area contributed by atoms with Gasteiger partial charge in [-0.3, -0.25) is 9.58 Å². The van der Waals surface area contributed by atoms with Crippen molar-refractivity contribution >= 4 is 29.3 Å². The maximum absolute atomic E-state index is 12.7. The monoisotopic (exact) mass is 465 g/mol. The molecule has 0 spiro atoms. The van der Waals surface area contributed by atoms with Crippen molar-refractivity contribution in [1.82, 2.24) is 24.5 Å². The summed E-state index contributed by atoms with van der Waals surface area (Å²) in [5.41, 5.74) is 2.90. The highest BCUT2D eigenvalue weighted by atomic mass is 35.5. The van der Waals surface area contributed by atoms with Gasteiger partial charge in [-0.2, -0.15) is 5.10 Å². The third-order valence-electron chi connectivity index (χ3n) is 6.09. The summed E-state index contributed by atoms with van der Waals surface area (Å²) in [7, 11) is 2.16. The van der Waals surface area contributed by atoms with Crippen molar-refractivity contribution in [2.75, 3.05) is 39.8 Å². The number of fused-ring (bicyclic) bond motifs is 1. The minimum Gasteiger partial charge on any atom is -0.445 e. The van der Waals surface area contributed by atoms with Gasteiger partial charge in [-0.15, -0.1) is 0 Å². The molecule has 1 atom stereocenters. The van der Waals surface area contributed by atoms with Crippen molar-refractivity contribution in [3.63, 3.8) is 0 Å². The van der Waals surface area contributed by atoms with Crippen LogP contribution in [0.3, 0.4) is 0 Å². The zero-order valence-electron chi connectivity index (χ0n) is 18.1. The lowest BCUT2D eigenvalue weighted by atomic mass is 10.1. The molecule has 0 saturated carbocycles. The van der Waals surface area contributed by atoms with Crippen LogP contribution in [-0.4, -0.2) is 70.3 Å². The predicted octanol–water partition coefficient (Wildman–Crippen LogP) is 4.04. The summed E-state index contributed by atoms with van der Waals surface area (Å²) in [6.07, 6.45) is 0.508. The van der Waals surface area contributed by atoms with Crippen LogP contribution in [0.15, 0.2) is 24.3 Å². The molecule has 2 aromatic rings. The minimum absolute atomic E-state index is 0.139. The number of piperazine rings is 1. The SMILES string of the molecule is CC(c1cc2n(n1)CCCN(C(=O)OCc1cc(Cl)cc(Cl)c1)C2)N1CCN(C)CC1. The molecular formula is C22H29Cl2N5O2. The van der Waals surface area contributed by atoms with Crippen LogP contribution in [0.25, 0.3) is 0 Å². The van der Waals surface area contributed by atoms with E-state index in [0.29, 0.717) is 23.1 Å². The molecule has 168 valence electrons. The van der Waals surface area contributed by atoms with Crippen LogP contribution >= 0.6 is 23.2 Å². The number of carbonyl (C=O) groups is 1. The number of benzene rings is 1. The second-order valence-electron chi connectivity index (χ2n) is 8.41. The van der Waals surface area contributed by atoms with E-state index in [2.05, 4.69) is 29.8 Å². The van der Waals surface area contributed by atoms with Gasteiger partial charge in [0.1, 0.15) is 6.61 Å². The van der Waals surface area contributed by atoms with E-state index in [1.165, 1.54) is 0 Å². The number of rotatable bonds is 4. The van der Waals surface area contributed by atoms with E-state index in [9.17, 15) is 4.79 Å². The summed E-state index contributed by atoms with van der Waals surface area (Å²) in [4.78, 5) is 19.3. The molecule has 2 aliphatic heterocycles. The average Bonchev–Trinajstić information content (AvgIpc) is 3.03. The molecule has 1 saturated heterocycles. The maximum atomic E-state index is 12.7. The van der Waals surface area contributed by atoms with Gasteiger partial charge in [0.15, 0.2) is 0 Å². The normalized spacial score (nSPS) is 19.0. The fourth-order valence-corrected chi connectivity index (χ4v) is 4.74. The van der Waals surface area contributed by atoms with Crippen molar-refractivity contribution in [3.05, 3.63) is 51.3 Å². The second-order valence-corrected chi connectivity index (χ2v) is 9.28. The average molecular weight is 466 g/mol. The molecule has 31 heavy (non-hydrogen) atoms. The van der Waals surface area contributed by atoms with Gasteiger partial charge < -0.3 is 14.5 Å². The lowest BCUT2D eigenvalue weighted by molar-refractivity contribution is 0.0941. The molecule has 7 nitrogen and oxygen atoms in total. The van der Waals surface area contributed by atoms with E-state index in [4.69, 9.17) is 33.0 Å². The van der Waals surface area contributed by atoms with Gasteiger partial charge in [-0.05, 0) is 50.2 Å². The number of hydrogen-bond acceptors (Lipinski definition) is 5. The first-order valence-electron chi connectivity index (χ1n) is 10.7. The summed E-state index contributed by atoms with van der Waals surface area (Å²) < 4.78 is 7.58. The molecule has 0 N–H and O–H groups in total. The molecule has 1 amide bonds. The number of aromatic nitrogens is 2. The molecule has 3 heterocycles. The Hall–Kier alpha value is -1.80. The molecule has 1 aromatic carbocycles. The summed E-state index contributed by atoms with van der Waals surface area (Å²) in [6.45, 7) is 8.55. The van der Waals surface area contributed by atoms with Crippen LogP contribution in [0.2, 0.25) is 10.0 Å². The zero-order valence-corrected chi connectivity index (χ0v) is 19.6. The van der Waals surface area contributed by atoms with Gasteiger partial charge in [-0.1, -0.05) is 23.2 Å². The van der Waals surface area contributed by atoms with E-state index >= 15 is 0 Å². The van der Waals surface area contributed by atoms with Crippen molar-refractivity contribution in [2.45, 2.75) is 39.1 Å². The molecule has 2 aliphatic rings. The number of halogens is 2. The quantitative estimate of drug-likeness (QED) is 0.681. The topological polar surface area (TPSA) is 53.8 Å². The Bertz CT molecular complexity index is 906. The summed E-state index contributed by atoms with van der Waals surface area (Å²) in [5, 5.41) is 5.92. The van der Waals surface area contributed by atoms with E-state index in [0.717, 1.165) is 56.1 Å². The van der Waals surface area contributed by atoms with Gasteiger partial charge in [0.2, 0.25) is 0 Å². The zero-order chi connectivity index (χ0) is 22.0. The van der Waals surface area contributed by atoms with E-state index in [1.54, 1.807) is 23.1 Å². The summed E-state index contributed by atoms with van der Waals surface area (Å²) >= 11 is 12.1. The van der Waals surface area contributed by atoms with Crippen LogP contribution in [-0.2, 0) is 24.4 Å². The number of amides is 1. The number of aryl methyl sites for hydroxylation is 1. The fraction of sp³-hybridized carbons (Fsp3) is 0.545. The number of likely N-dealkylation sites (N-methyl/N-ethyl adjacent to an activating group) is 1. The van der Waals surface area contributed by atoms with Crippen LogP contribution in [0.5, 0.6) is 0 Å². The first-order chi connectivity index (χ1) is 14.9. The predicted molar refractivity (Wildman–Crippen MR) is 121 cm³/mol. The van der Waals surface area contributed by atoms with Gasteiger partial charge >= 0.3 is 6.09 Å². The van der Waals surface area contributed by atoms with Crippen LogP contribution in [0, 0.1) is 0 Å². The van der Waals surface area contributed by atoms with Crippen LogP contribution in [0.1, 0.15) is 36.3 Å². The van der Waals surface area contributed by atoms with Gasteiger partial charge in [0, 0.05) is 49.3 Å². The highest BCUT2D eigenvalue weighted by molar-refractivity contribution is 6.34. The highest BCUT2D eigenvalue weighted by Crippen LogP contribution is 2.24. The van der Waals surface area contributed by atoms with E-state index < -0.39 is 0 Å². The highest BCUT2D eigenvalue weighted by Gasteiger charge is 2.26. The van der Waals surface area contributed by atoms with E-state index in [-0.39, 0.29) is 18.7 Å². The van der Waals surface area contributed by atoms with Crippen LogP contribution in [0.4, 0.5) is 4.79 Å². The van der Waals surface area contributed by atoms with Crippen molar-refractivity contribution in [2.24, 2.45) is 0 Å². The lowest BCUT2D eigenvalue weighted by Gasteiger charge is -2.35. The third-order valence-corrected chi connectivity index (χ3v) is 6.53. The van der Waals surface area contributed by atoms with Crippen LogP contribution < -0.4 is 0 Å². The molecule has 9 heteroatoms. The molecule has 4 rings (SSSR count). The van der Waals surface area contributed by atoms with Gasteiger partial charge in [0.25, 0.3) is 0 Å². The Morgan fingerprint density at radius 3 is 2.48 bits per heavy atom. The van der Waals surface area contributed by atoms with Gasteiger partial charge in [-0.25, -0.2) is 4.79 Å². The maximum Gasteiger partial charge on any atom is 0.410 e. The Morgan fingerprint density at radius 1 is 1.06 bits per heavy atom. The Labute approximate surface area is 193 Å². The first kappa shape index (κ1) is 22.4. The molecule has 1 fully saturated rings. The largest absolute Gasteiger partial charge is 0.445 e. The molecule has 0 bridgehead atoms. The minimum atomic E-state index is -0.334. The molecule has 1 unspecified atom stereocenters. The molecule has 1 aromatic heterocycles. The number of ether oxygens (including phenoxy) is 1. The fourth-order valence-electron chi connectivity index (χ4n) is 4.17. The smallest absolute Gasteiger partial charge is 0.410 e. The summed E-state index contributed by atoms with van der Waals surface area (Å²) in [5.74, 6) is 0. The Kier molecular flexibility index (Phi) is 7.06. The number of nitrogens with zero attached hydrogens (tertiary/aromatic N) is 5. The number of hydrogen-bond donors (Lipinski definition) is 0. The van der Waals surface area contributed by atoms with Crippen molar-refractivity contribution < 1.29 is 9.53 Å².